The number of carbonyl (C=O) groups is 4. The molecule has 0 aromatic heterocycles. The summed E-state index contributed by atoms with van der Waals surface area (Å²) >= 11 is 7.10. The number of aliphatic carboxylic acids is 1. The molecule has 1 heterocycles. The number of ether oxygens (including phenoxy) is 1. The molecule has 1 aliphatic rings. The number of nitrogens with one attached hydrogen (secondary N) is 1. The molecule has 3 amide bonds. The smallest absolute Gasteiger partial charge is 0.328 e. The SMILES string of the molecule is O=C(O)/C=C/C(=O)Nc1cccc(S[C@@H]2CC(=O)N(c3ccc(Oc4ccc(Cl)cc4)cc3)C2=O)c1. The predicted molar refractivity (Wildman–Crippen MR) is 137 cm³/mol. The van der Waals surface area contributed by atoms with Crippen LogP contribution in [0.2, 0.25) is 5.02 Å². The van der Waals surface area contributed by atoms with Gasteiger partial charge in [-0.1, -0.05) is 17.7 Å². The predicted octanol–water partition coefficient (Wildman–Crippen LogP) is 5.14. The molecule has 2 N–H and O–H groups in total. The topological polar surface area (TPSA) is 113 Å². The number of anilines is 2. The molecule has 36 heavy (non-hydrogen) atoms. The lowest BCUT2D eigenvalue weighted by atomic mass is 10.2. The lowest BCUT2D eigenvalue weighted by Crippen LogP contribution is -2.31. The Bertz CT molecular complexity index is 1340. The molecule has 10 heteroatoms. The van der Waals surface area contributed by atoms with Crippen molar-refractivity contribution in [2.45, 2.75) is 16.6 Å². The Balaban J connectivity index is 1.40. The summed E-state index contributed by atoms with van der Waals surface area (Å²) in [4.78, 5) is 49.9. The summed E-state index contributed by atoms with van der Waals surface area (Å²) in [7, 11) is 0. The number of benzene rings is 3. The Labute approximate surface area is 215 Å². The number of carboxylic acid groups (broad SMARTS) is 1. The zero-order valence-corrected chi connectivity index (χ0v) is 20.2. The number of halogens is 1. The first kappa shape index (κ1) is 25.0. The van der Waals surface area contributed by atoms with Crippen molar-refractivity contribution in [2.24, 2.45) is 0 Å². The van der Waals surface area contributed by atoms with E-state index in [1.165, 1.54) is 11.8 Å². The lowest BCUT2D eigenvalue weighted by Gasteiger charge is -2.16. The number of thioether (sulfide) groups is 1. The molecule has 0 aliphatic carbocycles. The maximum absolute atomic E-state index is 13.0. The number of hydrogen-bond donors (Lipinski definition) is 2. The van der Waals surface area contributed by atoms with Crippen molar-refractivity contribution in [3.63, 3.8) is 0 Å². The third kappa shape index (κ3) is 6.32. The van der Waals surface area contributed by atoms with Crippen molar-refractivity contribution in [1.82, 2.24) is 0 Å². The van der Waals surface area contributed by atoms with Crippen LogP contribution in [-0.2, 0) is 19.2 Å². The third-order valence-corrected chi connectivity index (χ3v) is 6.44. The van der Waals surface area contributed by atoms with Crippen LogP contribution >= 0.6 is 23.4 Å². The molecule has 3 aromatic rings. The third-order valence-electron chi connectivity index (χ3n) is 5.01. The number of rotatable bonds is 8. The van der Waals surface area contributed by atoms with Gasteiger partial charge in [0.15, 0.2) is 0 Å². The van der Waals surface area contributed by atoms with Crippen LogP contribution in [0.25, 0.3) is 0 Å². The van der Waals surface area contributed by atoms with Crippen LogP contribution in [0.15, 0.2) is 89.8 Å². The maximum atomic E-state index is 13.0. The van der Waals surface area contributed by atoms with E-state index in [0.29, 0.717) is 32.8 Å². The van der Waals surface area contributed by atoms with E-state index in [1.807, 2.05) is 0 Å². The first-order chi connectivity index (χ1) is 17.3. The van der Waals surface area contributed by atoms with E-state index in [9.17, 15) is 19.2 Å². The minimum Gasteiger partial charge on any atom is -0.478 e. The number of hydrogen-bond acceptors (Lipinski definition) is 6. The summed E-state index contributed by atoms with van der Waals surface area (Å²) in [6.07, 6.45) is 1.68. The van der Waals surface area contributed by atoms with Crippen molar-refractivity contribution in [1.29, 1.82) is 0 Å². The van der Waals surface area contributed by atoms with E-state index in [2.05, 4.69) is 5.32 Å². The molecular formula is C26H19ClN2O6S. The van der Waals surface area contributed by atoms with Crippen molar-refractivity contribution >= 4 is 58.4 Å². The van der Waals surface area contributed by atoms with Gasteiger partial charge in [-0.2, -0.15) is 0 Å². The summed E-state index contributed by atoms with van der Waals surface area (Å²) in [5.74, 6) is -1.33. The van der Waals surface area contributed by atoms with Gasteiger partial charge in [-0.3, -0.25) is 14.4 Å². The van der Waals surface area contributed by atoms with E-state index < -0.39 is 17.1 Å². The van der Waals surface area contributed by atoms with E-state index in [4.69, 9.17) is 21.4 Å². The van der Waals surface area contributed by atoms with Gasteiger partial charge in [0.2, 0.25) is 17.7 Å². The normalized spacial score (nSPS) is 15.4. The second kappa shape index (κ2) is 11.1. The number of nitrogens with zero attached hydrogens (tertiary/aromatic N) is 1. The van der Waals surface area contributed by atoms with Crippen LogP contribution in [0.3, 0.4) is 0 Å². The Morgan fingerprint density at radius 1 is 1.00 bits per heavy atom. The van der Waals surface area contributed by atoms with E-state index in [1.54, 1.807) is 72.8 Å². The molecule has 0 bridgehead atoms. The molecule has 8 nitrogen and oxygen atoms in total. The fraction of sp³-hybridized carbons (Fsp3) is 0.0769. The van der Waals surface area contributed by atoms with Gasteiger partial charge in [-0.05, 0) is 66.7 Å². The minimum atomic E-state index is -1.23. The van der Waals surface area contributed by atoms with Crippen molar-refractivity contribution < 1.29 is 29.0 Å². The molecule has 1 aliphatic heterocycles. The van der Waals surface area contributed by atoms with Gasteiger partial charge in [0.1, 0.15) is 11.5 Å². The van der Waals surface area contributed by atoms with Crippen LogP contribution in [0, 0.1) is 0 Å². The van der Waals surface area contributed by atoms with Gasteiger partial charge in [0.05, 0.1) is 10.9 Å². The monoisotopic (exact) mass is 522 g/mol. The highest BCUT2D eigenvalue weighted by atomic mass is 35.5. The molecule has 1 saturated heterocycles. The number of carbonyl (C=O) groups excluding carboxylic acids is 3. The van der Waals surface area contributed by atoms with E-state index >= 15 is 0 Å². The standard InChI is InChI=1S/C26H19ClN2O6S/c27-16-4-8-19(9-5-16)35-20-10-6-18(7-11-20)29-24(31)15-22(26(29)34)36-21-3-1-2-17(14-21)28-23(30)12-13-25(32)33/h1-14,22H,15H2,(H,28,30)(H,32,33)/b13-12+/t22-/m1/s1. The van der Waals surface area contributed by atoms with Gasteiger partial charge in [0, 0.05) is 34.2 Å². The van der Waals surface area contributed by atoms with Gasteiger partial charge in [-0.15, -0.1) is 11.8 Å². The fourth-order valence-electron chi connectivity index (χ4n) is 3.41. The summed E-state index contributed by atoms with van der Waals surface area (Å²) < 4.78 is 5.76. The highest BCUT2D eigenvalue weighted by molar-refractivity contribution is 8.00. The maximum Gasteiger partial charge on any atom is 0.328 e. The number of amides is 3. The first-order valence-corrected chi connectivity index (χ1v) is 11.9. The quantitative estimate of drug-likeness (QED) is 0.311. The Kier molecular flexibility index (Phi) is 7.72. The molecule has 0 radical (unpaired) electrons. The zero-order chi connectivity index (χ0) is 25.7. The van der Waals surface area contributed by atoms with Gasteiger partial charge in [0.25, 0.3) is 0 Å². The highest BCUT2D eigenvalue weighted by Crippen LogP contribution is 2.35. The van der Waals surface area contributed by atoms with Crippen LogP contribution in [0.5, 0.6) is 11.5 Å². The molecular weight excluding hydrogens is 504 g/mol. The molecule has 0 saturated carbocycles. The molecule has 0 spiro atoms. The second-order valence-corrected chi connectivity index (χ2v) is 9.33. The first-order valence-electron chi connectivity index (χ1n) is 10.7. The van der Waals surface area contributed by atoms with E-state index in [-0.39, 0.29) is 18.2 Å². The van der Waals surface area contributed by atoms with Gasteiger partial charge >= 0.3 is 5.97 Å². The summed E-state index contributed by atoms with van der Waals surface area (Å²) in [6, 6.07) is 20.3. The van der Waals surface area contributed by atoms with Crippen LogP contribution in [0.4, 0.5) is 11.4 Å². The molecule has 0 unspecified atom stereocenters. The molecule has 3 aromatic carbocycles. The van der Waals surface area contributed by atoms with Crippen LogP contribution in [-0.4, -0.2) is 34.0 Å². The minimum absolute atomic E-state index is 0.0322. The van der Waals surface area contributed by atoms with Gasteiger partial charge in [-0.25, -0.2) is 9.69 Å². The lowest BCUT2D eigenvalue weighted by molar-refractivity contribution is -0.131. The average molecular weight is 523 g/mol. The Hall–Kier alpha value is -4.08. The van der Waals surface area contributed by atoms with Gasteiger partial charge < -0.3 is 15.2 Å². The van der Waals surface area contributed by atoms with Crippen molar-refractivity contribution in [2.75, 3.05) is 10.2 Å². The Morgan fingerprint density at radius 2 is 1.67 bits per heavy atom. The molecule has 1 atom stereocenters. The highest BCUT2D eigenvalue weighted by Gasteiger charge is 2.40. The summed E-state index contributed by atoms with van der Waals surface area (Å²) in [5.41, 5.74) is 0.882. The fourth-order valence-corrected chi connectivity index (χ4v) is 4.65. The molecule has 182 valence electrons. The summed E-state index contributed by atoms with van der Waals surface area (Å²) in [6.45, 7) is 0. The average Bonchev–Trinajstić information content (AvgIpc) is 3.12. The zero-order valence-electron chi connectivity index (χ0n) is 18.6. The second-order valence-electron chi connectivity index (χ2n) is 7.62. The molecule has 1 fully saturated rings. The van der Waals surface area contributed by atoms with Crippen LogP contribution in [0.1, 0.15) is 6.42 Å². The van der Waals surface area contributed by atoms with E-state index in [0.717, 1.165) is 17.1 Å². The van der Waals surface area contributed by atoms with Crippen molar-refractivity contribution in [3.8, 4) is 11.5 Å². The number of carboxylic acids is 1. The van der Waals surface area contributed by atoms with Crippen molar-refractivity contribution in [3.05, 3.63) is 90.0 Å². The Morgan fingerprint density at radius 3 is 2.33 bits per heavy atom. The van der Waals surface area contributed by atoms with Crippen LogP contribution < -0.4 is 15.0 Å². The number of imide groups is 1. The summed E-state index contributed by atoms with van der Waals surface area (Å²) in [5, 5.41) is 11.2. The molecule has 4 rings (SSSR count). The largest absolute Gasteiger partial charge is 0.478 e.